The van der Waals surface area contributed by atoms with Gasteiger partial charge in [-0.3, -0.25) is 39.8 Å². The Morgan fingerprint density at radius 1 is 1.02 bits per heavy atom. The molecule has 1 saturated carbocycles. The van der Waals surface area contributed by atoms with Crippen LogP contribution >= 0.6 is 0 Å². The number of nitrogens with zero attached hydrogens (tertiary/aromatic N) is 7. The third-order valence-electron chi connectivity index (χ3n) is 7.02. The van der Waals surface area contributed by atoms with Crippen LogP contribution in [0.3, 0.4) is 0 Å². The first kappa shape index (κ1) is 26.3. The number of carbonyl (C=O) groups excluding carboxylic acids is 1. The molecule has 2 aliphatic rings. The second-order valence-electron chi connectivity index (χ2n) is 9.43. The van der Waals surface area contributed by atoms with Gasteiger partial charge in [-0.15, -0.1) is 0 Å². The molecule has 1 aliphatic heterocycles. The van der Waals surface area contributed by atoms with Crippen molar-refractivity contribution in [2.75, 3.05) is 0 Å². The minimum Gasteiger partial charge on any atom is -0.265 e. The van der Waals surface area contributed by atoms with Crippen molar-refractivity contribution in [3.05, 3.63) is 107 Å². The summed E-state index contributed by atoms with van der Waals surface area (Å²) < 4.78 is 1.29. The lowest BCUT2D eigenvalue weighted by Gasteiger charge is -2.29. The van der Waals surface area contributed by atoms with E-state index in [9.17, 15) is 35.1 Å². The van der Waals surface area contributed by atoms with E-state index in [0.717, 1.165) is 10.6 Å². The first-order chi connectivity index (χ1) is 19.2. The van der Waals surface area contributed by atoms with E-state index in [4.69, 9.17) is 0 Å². The average molecular weight is 546 g/mol. The van der Waals surface area contributed by atoms with Crippen molar-refractivity contribution in [3.8, 4) is 0 Å². The number of allylic oxidation sites excluding steroid dienone is 1. The number of hydrazone groups is 1. The van der Waals surface area contributed by atoms with Crippen LogP contribution in [0.25, 0.3) is 6.08 Å². The lowest BCUT2D eigenvalue weighted by Crippen LogP contribution is -2.32. The fourth-order valence-corrected chi connectivity index (χ4v) is 5.22. The van der Waals surface area contributed by atoms with Crippen LogP contribution in [-0.2, 0) is 6.54 Å². The molecule has 2 heterocycles. The molecule has 1 amide bonds. The maximum Gasteiger partial charge on any atom is 0.320 e. The fraction of sp³-hybridized carbons (Fsp3) is 0.269. The summed E-state index contributed by atoms with van der Waals surface area (Å²) in [6.07, 6.45) is 4.87. The van der Waals surface area contributed by atoms with Crippen LogP contribution in [-0.4, -0.2) is 41.2 Å². The number of aromatic nitrogens is 2. The Morgan fingerprint density at radius 2 is 1.73 bits per heavy atom. The van der Waals surface area contributed by atoms with E-state index in [2.05, 4.69) is 10.2 Å². The molecule has 0 unspecified atom stereocenters. The number of benzene rings is 2. The second-order valence-corrected chi connectivity index (χ2v) is 9.43. The topological polar surface area (TPSA) is 180 Å². The zero-order chi connectivity index (χ0) is 28.6. The molecule has 0 radical (unpaired) electrons. The van der Waals surface area contributed by atoms with E-state index in [1.54, 1.807) is 31.2 Å². The Bertz CT molecular complexity index is 1610. The maximum absolute atomic E-state index is 13.8. The first-order valence-corrected chi connectivity index (χ1v) is 12.5. The van der Waals surface area contributed by atoms with Crippen LogP contribution in [0, 0.1) is 36.3 Å². The minimum atomic E-state index is -0.799. The van der Waals surface area contributed by atoms with Gasteiger partial charge in [0.05, 0.1) is 26.5 Å². The van der Waals surface area contributed by atoms with Crippen LogP contribution in [0.15, 0.2) is 65.4 Å². The number of rotatable bonds is 7. The van der Waals surface area contributed by atoms with E-state index in [0.29, 0.717) is 42.6 Å². The van der Waals surface area contributed by atoms with E-state index in [-0.39, 0.29) is 23.0 Å². The van der Waals surface area contributed by atoms with Crippen molar-refractivity contribution >= 4 is 34.8 Å². The molecular formula is C26H23N7O7. The molecule has 0 bridgehead atoms. The largest absolute Gasteiger partial charge is 0.320 e. The van der Waals surface area contributed by atoms with Gasteiger partial charge >= 0.3 is 11.6 Å². The van der Waals surface area contributed by atoms with Crippen molar-refractivity contribution in [2.24, 2.45) is 11.0 Å². The Labute approximate surface area is 226 Å². The minimum absolute atomic E-state index is 0.0693. The molecule has 0 spiro atoms. The lowest BCUT2D eigenvalue weighted by atomic mass is 9.77. The maximum atomic E-state index is 13.8. The predicted molar refractivity (Wildman–Crippen MR) is 142 cm³/mol. The third-order valence-corrected chi connectivity index (χ3v) is 7.02. The van der Waals surface area contributed by atoms with Crippen LogP contribution < -0.4 is 0 Å². The molecule has 1 fully saturated rings. The van der Waals surface area contributed by atoms with E-state index in [1.807, 2.05) is 0 Å². The molecule has 5 rings (SSSR count). The summed E-state index contributed by atoms with van der Waals surface area (Å²) in [5.41, 5.74) is 1.28. The second kappa shape index (κ2) is 10.5. The van der Waals surface area contributed by atoms with Gasteiger partial charge in [-0.05, 0) is 49.0 Å². The fourth-order valence-electron chi connectivity index (χ4n) is 5.22. The molecule has 204 valence electrons. The predicted octanol–water partition coefficient (Wildman–Crippen LogP) is 5.06. The molecule has 14 nitrogen and oxygen atoms in total. The SMILES string of the molecule is CCn1cc([N+](=O)[O-])c(C(=O)N2N=C3/C(=C/c4cccc([N+](=O)[O-])c4)CCC[C@@H]3[C@H]2c2cccc([N+](=O)[O-])c2)n1. The smallest absolute Gasteiger partial charge is 0.265 e. The monoisotopic (exact) mass is 545 g/mol. The Balaban J connectivity index is 1.63. The standard InChI is InChI=1S/C26H23N7O7/c1-2-29-15-22(33(39)40)24(27-29)26(34)30-25(18-8-4-10-20(14-18)32(37)38)21-11-5-7-17(23(21)28-30)12-16-6-3-9-19(13-16)31(35)36/h3-4,6,8-10,12-15,21,25H,2,5,7,11H2,1H3/b17-12+/t21-,25+/m0/s1. The van der Waals surface area contributed by atoms with Crippen molar-refractivity contribution in [2.45, 2.75) is 38.8 Å². The van der Waals surface area contributed by atoms with Crippen molar-refractivity contribution in [1.29, 1.82) is 0 Å². The Kier molecular flexibility index (Phi) is 6.90. The molecule has 1 aromatic heterocycles. The number of amides is 1. The lowest BCUT2D eigenvalue weighted by molar-refractivity contribution is -0.385. The molecule has 1 aliphatic carbocycles. The summed E-state index contributed by atoms with van der Waals surface area (Å²) in [6, 6.07) is 11.2. The third kappa shape index (κ3) is 4.81. The summed E-state index contributed by atoms with van der Waals surface area (Å²) in [7, 11) is 0. The van der Waals surface area contributed by atoms with Gasteiger partial charge in [0.15, 0.2) is 0 Å². The summed E-state index contributed by atoms with van der Waals surface area (Å²) >= 11 is 0. The zero-order valence-corrected chi connectivity index (χ0v) is 21.2. The number of nitro benzene ring substituents is 2. The number of aryl methyl sites for hydroxylation is 1. The molecular weight excluding hydrogens is 522 g/mol. The van der Waals surface area contributed by atoms with Crippen LogP contribution in [0.1, 0.15) is 53.8 Å². The van der Waals surface area contributed by atoms with Gasteiger partial charge in [0.25, 0.3) is 11.4 Å². The summed E-state index contributed by atoms with van der Waals surface area (Å²) in [5.74, 6) is -1.16. The normalized spacial score (nSPS) is 19.3. The highest BCUT2D eigenvalue weighted by Gasteiger charge is 2.46. The number of hydrogen-bond acceptors (Lipinski definition) is 9. The molecule has 0 N–H and O–H groups in total. The summed E-state index contributed by atoms with van der Waals surface area (Å²) in [5, 5.41) is 44.4. The zero-order valence-electron chi connectivity index (χ0n) is 21.2. The molecule has 2 aromatic carbocycles. The summed E-state index contributed by atoms with van der Waals surface area (Å²) in [6.45, 7) is 2.03. The molecule has 2 atom stereocenters. The van der Waals surface area contributed by atoms with Gasteiger partial charge in [-0.25, -0.2) is 5.01 Å². The van der Waals surface area contributed by atoms with Gasteiger partial charge < -0.3 is 0 Å². The van der Waals surface area contributed by atoms with Crippen LogP contribution in [0.5, 0.6) is 0 Å². The van der Waals surface area contributed by atoms with Crippen molar-refractivity contribution in [3.63, 3.8) is 0 Å². The van der Waals surface area contributed by atoms with Gasteiger partial charge in [0.2, 0.25) is 5.69 Å². The van der Waals surface area contributed by atoms with Gasteiger partial charge in [0.1, 0.15) is 6.20 Å². The van der Waals surface area contributed by atoms with Crippen LogP contribution in [0.2, 0.25) is 0 Å². The van der Waals surface area contributed by atoms with Crippen molar-refractivity contribution < 1.29 is 19.6 Å². The average Bonchev–Trinajstić information content (AvgIpc) is 3.56. The number of non-ortho nitro benzene ring substituents is 2. The number of fused-ring (bicyclic) bond motifs is 1. The number of nitro groups is 3. The van der Waals surface area contributed by atoms with E-state index < -0.39 is 32.4 Å². The first-order valence-electron chi connectivity index (χ1n) is 12.5. The number of hydrogen-bond donors (Lipinski definition) is 0. The van der Waals surface area contributed by atoms with Gasteiger partial charge in [-0.1, -0.05) is 24.3 Å². The molecule has 40 heavy (non-hydrogen) atoms. The Hall–Kier alpha value is -5.27. The van der Waals surface area contributed by atoms with Gasteiger partial charge in [0, 0.05) is 36.7 Å². The number of carbonyl (C=O) groups is 1. The molecule has 14 heteroatoms. The quantitative estimate of drug-likeness (QED) is 0.291. The van der Waals surface area contributed by atoms with Gasteiger partial charge in [-0.2, -0.15) is 10.2 Å². The highest BCUT2D eigenvalue weighted by atomic mass is 16.6. The van der Waals surface area contributed by atoms with E-state index in [1.165, 1.54) is 41.2 Å². The summed E-state index contributed by atoms with van der Waals surface area (Å²) in [4.78, 5) is 46.7. The van der Waals surface area contributed by atoms with Crippen molar-refractivity contribution in [1.82, 2.24) is 14.8 Å². The Morgan fingerprint density at radius 3 is 2.40 bits per heavy atom. The highest BCUT2D eigenvalue weighted by molar-refractivity contribution is 6.09. The van der Waals surface area contributed by atoms with E-state index >= 15 is 0 Å². The molecule has 0 saturated heterocycles. The molecule has 3 aromatic rings. The van der Waals surface area contributed by atoms with Crippen LogP contribution in [0.4, 0.5) is 17.1 Å². The highest BCUT2D eigenvalue weighted by Crippen LogP contribution is 2.45.